The van der Waals surface area contributed by atoms with Crippen molar-refractivity contribution in [1.29, 1.82) is 0 Å². The first-order valence-corrected chi connectivity index (χ1v) is 4.87. The SMILES string of the molecule is CC(NC(=O)NC1CCC1)C(N)=S. The van der Waals surface area contributed by atoms with Crippen molar-refractivity contribution in [2.75, 3.05) is 0 Å². The Bertz CT molecular complexity index is 215. The van der Waals surface area contributed by atoms with Crippen molar-refractivity contribution in [1.82, 2.24) is 10.6 Å². The van der Waals surface area contributed by atoms with E-state index >= 15 is 0 Å². The topological polar surface area (TPSA) is 67.2 Å². The fourth-order valence-corrected chi connectivity index (χ4v) is 1.11. The molecule has 0 spiro atoms. The third-order valence-electron chi connectivity index (χ3n) is 2.21. The average Bonchev–Trinajstić information content (AvgIpc) is 1.96. The van der Waals surface area contributed by atoms with Crippen LogP contribution in [-0.2, 0) is 0 Å². The van der Waals surface area contributed by atoms with E-state index in [1.54, 1.807) is 6.92 Å². The largest absolute Gasteiger partial charge is 0.392 e. The van der Waals surface area contributed by atoms with E-state index in [4.69, 9.17) is 18.0 Å². The molecule has 13 heavy (non-hydrogen) atoms. The zero-order chi connectivity index (χ0) is 9.84. The summed E-state index contributed by atoms with van der Waals surface area (Å²) in [4.78, 5) is 11.5. The summed E-state index contributed by atoms with van der Waals surface area (Å²) in [6, 6.07) is -0.0707. The van der Waals surface area contributed by atoms with Crippen molar-refractivity contribution in [2.24, 2.45) is 5.73 Å². The van der Waals surface area contributed by atoms with E-state index in [0.29, 0.717) is 11.0 Å². The minimum absolute atomic E-state index is 0.176. The second kappa shape index (κ2) is 4.41. The molecule has 1 saturated carbocycles. The van der Waals surface area contributed by atoms with Gasteiger partial charge in [0, 0.05) is 6.04 Å². The maximum absolute atomic E-state index is 11.2. The fourth-order valence-electron chi connectivity index (χ4n) is 1.05. The lowest BCUT2D eigenvalue weighted by molar-refractivity contribution is 0.227. The van der Waals surface area contributed by atoms with E-state index in [1.807, 2.05) is 0 Å². The Morgan fingerprint density at radius 3 is 2.62 bits per heavy atom. The molecule has 1 rings (SSSR count). The third-order valence-corrected chi connectivity index (χ3v) is 2.57. The number of carbonyl (C=O) groups is 1. The molecule has 0 aliphatic heterocycles. The van der Waals surface area contributed by atoms with Crippen LogP contribution in [-0.4, -0.2) is 23.1 Å². The first-order valence-electron chi connectivity index (χ1n) is 4.46. The van der Waals surface area contributed by atoms with E-state index in [2.05, 4.69) is 10.6 Å². The first-order chi connectivity index (χ1) is 6.09. The molecule has 4 nitrogen and oxygen atoms in total. The minimum Gasteiger partial charge on any atom is -0.392 e. The lowest BCUT2D eigenvalue weighted by atomic mass is 9.93. The van der Waals surface area contributed by atoms with Gasteiger partial charge in [0.25, 0.3) is 0 Å². The van der Waals surface area contributed by atoms with E-state index in [-0.39, 0.29) is 12.1 Å². The van der Waals surface area contributed by atoms with Crippen LogP contribution in [0, 0.1) is 0 Å². The number of nitrogens with two attached hydrogens (primary N) is 1. The molecule has 1 atom stereocenters. The van der Waals surface area contributed by atoms with Gasteiger partial charge in [0.2, 0.25) is 0 Å². The molecule has 0 aromatic heterocycles. The van der Waals surface area contributed by atoms with Crippen molar-refractivity contribution in [3.63, 3.8) is 0 Å². The number of urea groups is 1. The quantitative estimate of drug-likeness (QED) is 0.583. The Balaban J connectivity index is 2.19. The number of hydrogen-bond donors (Lipinski definition) is 3. The monoisotopic (exact) mass is 201 g/mol. The van der Waals surface area contributed by atoms with E-state index in [0.717, 1.165) is 12.8 Å². The molecule has 1 aliphatic carbocycles. The number of thiocarbonyl (C=S) groups is 1. The Morgan fingerprint density at radius 1 is 1.62 bits per heavy atom. The summed E-state index contributed by atoms with van der Waals surface area (Å²) in [5.41, 5.74) is 5.35. The summed E-state index contributed by atoms with van der Waals surface area (Å²) in [5.74, 6) is 0. The molecule has 1 fully saturated rings. The van der Waals surface area contributed by atoms with E-state index in [1.165, 1.54) is 6.42 Å². The predicted molar refractivity (Wildman–Crippen MR) is 55.6 cm³/mol. The molecule has 0 heterocycles. The van der Waals surface area contributed by atoms with Gasteiger partial charge in [-0.3, -0.25) is 0 Å². The van der Waals surface area contributed by atoms with Gasteiger partial charge in [-0.25, -0.2) is 4.79 Å². The summed E-state index contributed by atoms with van der Waals surface area (Å²) >= 11 is 4.73. The fraction of sp³-hybridized carbons (Fsp3) is 0.750. The molecule has 0 aromatic carbocycles. The average molecular weight is 201 g/mol. The summed E-state index contributed by atoms with van der Waals surface area (Å²) < 4.78 is 0. The highest BCUT2D eigenvalue weighted by atomic mass is 32.1. The standard InChI is InChI=1S/C8H15N3OS/c1-5(7(9)13)10-8(12)11-6-3-2-4-6/h5-6H,2-4H2,1H3,(H2,9,13)(H2,10,11,12). The summed E-state index contributed by atoms with van der Waals surface area (Å²) in [6.45, 7) is 1.77. The molecular weight excluding hydrogens is 186 g/mol. The number of hydrogen-bond acceptors (Lipinski definition) is 2. The minimum atomic E-state index is -0.241. The Morgan fingerprint density at radius 2 is 2.23 bits per heavy atom. The van der Waals surface area contributed by atoms with Gasteiger partial charge in [-0.15, -0.1) is 0 Å². The molecule has 0 aromatic rings. The second-order valence-electron chi connectivity index (χ2n) is 3.37. The Labute approximate surface area is 83.2 Å². The number of carbonyl (C=O) groups excluding carboxylic acids is 1. The van der Waals surface area contributed by atoms with Gasteiger partial charge < -0.3 is 16.4 Å². The van der Waals surface area contributed by atoms with Crippen LogP contribution in [0.15, 0.2) is 0 Å². The highest BCUT2D eigenvalue weighted by molar-refractivity contribution is 7.80. The molecule has 2 amide bonds. The predicted octanol–water partition coefficient (Wildman–Crippen LogP) is 0.513. The molecule has 0 radical (unpaired) electrons. The number of nitrogens with one attached hydrogen (secondary N) is 2. The summed E-state index contributed by atoms with van der Waals surface area (Å²) in [6.07, 6.45) is 3.36. The lowest BCUT2D eigenvalue weighted by Crippen LogP contribution is -2.50. The van der Waals surface area contributed by atoms with Crippen LogP contribution in [0.3, 0.4) is 0 Å². The van der Waals surface area contributed by atoms with E-state index < -0.39 is 0 Å². The van der Waals surface area contributed by atoms with Crippen molar-refractivity contribution >= 4 is 23.2 Å². The van der Waals surface area contributed by atoms with Gasteiger partial charge in [0.15, 0.2) is 0 Å². The molecule has 4 N–H and O–H groups in total. The molecule has 5 heteroatoms. The molecule has 0 bridgehead atoms. The van der Waals surface area contributed by atoms with Crippen LogP contribution in [0.4, 0.5) is 4.79 Å². The lowest BCUT2D eigenvalue weighted by Gasteiger charge is -2.27. The normalized spacial score (nSPS) is 18.5. The van der Waals surface area contributed by atoms with Crippen molar-refractivity contribution in [2.45, 2.75) is 38.3 Å². The molecular formula is C8H15N3OS. The van der Waals surface area contributed by atoms with Gasteiger partial charge in [0.1, 0.15) is 0 Å². The van der Waals surface area contributed by atoms with E-state index in [9.17, 15) is 4.79 Å². The van der Waals surface area contributed by atoms with Crippen LogP contribution >= 0.6 is 12.2 Å². The highest BCUT2D eigenvalue weighted by Gasteiger charge is 2.20. The van der Waals surface area contributed by atoms with Gasteiger partial charge >= 0.3 is 6.03 Å². The van der Waals surface area contributed by atoms with Gasteiger partial charge in [-0.2, -0.15) is 0 Å². The molecule has 1 aliphatic rings. The van der Waals surface area contributed by atoms with Crippen molar-refractivity contribution in [3.05, 3.63) is 0 Å². The van der Waals surface area contributed by atoms with Crippen LogP contribution in [0.5, 0.6) is 0 Å². The van der Waals surface area contributed by atoms with Crippen LogP contribution in [0.2, 0.25) is 0 Å². The zero-order valence-electron chi connectivity index (χ0n) is 7.67. The zero-order valence-corrected chi connectivity index (χ0v) is 8.49. The van der Waals surface area contributed by atoms with Crippen molar-refractivity contribution < 1.29 is 4.79 Å². The number of amides is 2. The summed E-state index contributed by atoms with van der Waals surface area (Å²) in [5, 5.41) is 5.50. The maximum atomic E-state index is 11.2. The van der Waals surface area contributed by atoms with Crippen molar-refractivity contribution in [3.8, 4) is 0 Å². The van der Waals surface area contributed by atoms with Gasteiger partial charge in [0.05, 0.1) is 11.0 Å². The first kappa shape index (κ1) is 10.2. The highest BCUT2D eigenvalue weighted by Crippen LogP contribution is 2.17. The van der Waals surface area contributed by atoms with Crippen LogP contribution in [0.1, 0.15) is 26.2 Å². The summed E-state index contributed by atoms with van der Waals surface area (Å²) in [7, 11) is 0. The van der Waals surface area contributed by atoms with Gasteiger partial charge in [-0.05, 0) is 26.2 Å². The molecule has 0 saturated heterocycles. The molecule has 1 unspecified atom stereocenters. The third kappa shape index (κ3) is 3.18. The smallest absolute Gasteiger partial charge is 0.315 e. The van der Waals surface area contributed by atoms with Crippen LogP contribution in [0.25, 0.3) is 0 Å². The second-order valence-corrected chi connectivity index (χ2v) is 3.84. The maximum Gasteiger partial charge on any atom is 0.315 e. The van der Waals surface area contributed by atoms with Gasteiger partial charge in [-0.1, -0.05) is 12.2 Å². The van der Waals surface area contributed by atoms with Crippen LogP contribution < -0.4 is 16.4 Å². The Hall–Kier alpha value is -0.840. The Kier molecular flexibility index (Phi) is 3.48. The number of rotatable bonds is 3. The molecule has 74 valence electrons.